The second kappa shape index (κ2) is 6.92. The number of hydrogen-bond donors (Lipinski definition) is 1. The first-order valence-electron chi connectivity index (χ1n) is 7.26. The quantitative estimate of drug-likeness (QED) is 0.886. The summed E-state index contributed by atoms with van der Waals surface area (Å²) in [6.07, 6.45) is 2.84. The van der Waals surface area contributed by atoms with Crippen molar-refractivity contribution >= 4 is 5.69 Å². The van der Waals surface area contributed by atoms with Crippen molar-refractivity contribution < 1.29 is 9.84 Å². The van der Waals surface area contributed by atoms with Crippen LogP contribution in [0.1, 0.15) is 37.9 Å². The molecule has 0 bridgehead atoms. The Kier molecular flexibility index (Phi) is 5.23. The molecule has 19 heavy (non-hydrogen) atoms. The van der Waals surface area contributed by atoms with Gasteiger partial charge in [-0.05, 0) is 42.9 Å². The van der Waals surface area contributed by atoms with Gasteiger partial charge in [-0.15, -0.1) is 0 Å². The molecule has 1 aromatic carbocycles. The van der Waals surface area contributed by atoms with Crippen LogP contribution in [0, 0.1) is 5.92 Å². The van der Waals surface area contributed by atoms with Gasteiger partial charge in [-0.25, -0.2) is 0 Å². The summed E-state index contributed by atoms with van der Waals surface area (Å²) in [6, 6.07) is 8.35. The minimum Gasteiger partial charge on any atom is -0.388 e. The molecule has 0 saturated carbocycles. The zero-order valence-electron chi connectivity index (χ0n) is 12.0. The predicted octanol–water partition coefficient (Wildman–Crippen LogP) is 2.99. The second-order valence-corrected chi connectivity index (χ2v) is 5.40. The van der Waals surface area contributed by atoms with Crippen molar-refractivity contribution in [3.8, 4) is 0 Å². The van der Waals surface area contributed by atoms with Crippen LogP contribution in [-0.2, 0) is 4.74 Å². The standard InChI is InChI=1S/C16H25NO2/c1-3-16(18)14-4-6-15(7-5-14)17-10-8-13(9-11-17)12-19-2/h4-7,13,16,18H,3,8-12H2,1-2H3/t16-/m1/s1. The molecule has 1 aliphatic heterocycles. The van der Waals surface area contributed by atoms with Crippen LogP contribution in [0.4, 0.5) is 5.69 Å². The van der Waals surface area contributed by atoms with E-state index in [2.05, 4.69) is 17.0 Å². The fraction of sp³-hybridized carbons (Fsp3) is 0.625. The summed E-state index contributed by atoms with van der Waals surface area (Å²) in [7, 11) is 1.78. The molecular weight excluding hydrogens is 238 g/mol. The predicted molar refractivity (Wildman–Crippen MR) is 78.5 cm³/mol. The SMILES string of the molecule is CC[C@@H](O)c1ccc(N2CCC(COC)CC2)cc1. The van der Waals surface area contributed by atoms with Crippen LogP contribution in [0.5, 0.6) is 0 Å². The molecule has 0 aliphatic carbocycles. The molecule has 1 atom stereocenters. The van der Waals surface area contributed by atoms with Gasteiger partial charge in [0.25, 0.3) is 0 Å². The van der Waals surface area contributed by atoms with Gasteiger partial charge in [-0.3, -0.25) is 0 Å². The smallest absolute Gasteiger partial charge is 0.0787 e. The Labute approximate surface area is 116 Å². The largest absolute Gasteiger partial charge is 0.388 e. The lowest BCUT2D eigenvalue weighted by Gasteiger charge is -2.33. The topological polar surface area (TPSA) is 32.7 Å². The number of ether oxygens (including phenoxy) is 1. The number of nitrogens with zero attached hydrogens (tertiary/aromatic N) is 1. The summed E-state index contributed by atoms with van der Waals surface area (Å²) >= 11 is 0. The maximum Gasteiger partial charge on any atom is 0.0787 e. The van der Waals surface area contributed by atoms with Crippen molar-refractivity contribution in [3.05, 3.63) is 29.8 Å². The fourth-order valence-electron chi connectivity index (χ4n) is 2.74. The van der Waals surface area contributed by atoms with Gasteiger partial charge in [0.05, 0.1) is 6.10 Å². The number of methoxy groups -OCH3 is 1. The average Bonchev–Trinajstić information content (AvgIpc) is 2.48. The first-order valence-corrected chi connectivity index (χ1v) is 7.26. The highest BCUT2D eigenvalue weighted by atomic mass is 16.5. The highest BCUT2D eigenvalue weighted by Crippen LogP contribution is 2.25. The zero-order chi connectivity index (χ0) is 13.7. The van der Waals surface area contributed by atoms with E-state index in [4.69, 9.17) is 4.74 Å². The van der Waals surface area contributed by atoms with Crippen molar-refractivity contribution in [2.24, 2.45) is 5.92 Å². The molecule has 3 nitrogen and oxygen atoms in total. The molecule has 106 valence electrons. The molecule has 0 spiro atoms. The molecule has 0 unspecified atom stereocenters. The average molecular weight is 263 g/mol. The Morgan fingerprint density at radius 3 is 2.42 bits per heavy atom. The number of aliphatic hydroxyl groups is 1. The normalized spacial score (nSPS) is 18.6. The third kappa shape index (κ3) is 3.71. The number of benzene rings is 1. The highest BCUT2D eigenvalue weighted by Gasteiger charge is 2.19. The van der Waals surface area contributed by atoms with Crippen LogP contribution in [0.15, 0.2) is 24.3 Å². The molecule has 1 heterocycles. The lowest BCUT2D eigenvalue weighted by atomic mass is 9.97. The summed E-state index contributed by atoms with van der Waals surface area (Å²) in [5, 5.41) is 9.80. The Hall–Kier alpha value is -1.06. The molecule has 1 N–H and O–H groups in total. The van der Waals surface area contributed by atoms with E-state index in [0.717, 1.165) is 31.7 Å². The zero-order valence-corrected chi connectivity index (χ0v) is 12.0. The molecule has 0 radical (unpaired) electrons. The third-order valence-electron chi connectivity index (χ3n) is 4.05. The van der Waals surface area contributed by atoms with Crippen LogP contribution < -0.4 is 4.90 Å². The molecule has 1 fully saturated rings. The van der Waals surface area contributed by atoms with Gasteiger partial charge in [0, 0.05) is 32.5 Å². The Bertz CT molecular complexity index is 369. The third-order valence-corrected chi connectivity index (χ3v) is 4.05. The first kappa shape index (κ1) is 14.4. The lowest BCUT2D eigenvalue weighted by Crippen LogP contribution is -2.34. The number of rotatable bonds is 5. The van der Waals surface area contributed by atoms with Gasteiger partial charge in [0.15, 0.2) is 0 Å². The van der Waals surface area contributed by atoms with E-state index in [9.17, 15) is 5.11 Å². The van der Waals surface area contributed by atoms with Crippen LogP contribution >= 0.6 is 0 Å². The molecule has 0 amide bonds. The van der Waals surface area contributed by atoms with E-state index in [0.29, 0.717) is 5.92 Å². The van der Waals surface area contributed by atoms with Gasteiger partial charge in [-0.2, -0.15) is 0 Å². The lowest BCUT2D eigenvalue weighted by molar-refractivity contribution is 0.139. The summed E-state index contributed by atoms with van der Waals surface area (Å²) in [4.78, 5) is 2.42. The first-order chi connectivity index (χ1) is 9.24. The Morgan fingerprint density at radius 1 is 1.26 bits per heavy atom. The van der Waals surface area contributed by atoms with Crippen LogP contribution in [-0.4, -0.2) is 31.9 Å². The van der Waals surface area contributed by atoms with E-state index in [1.54, 1.807) is 7.11 Å². The van der Waals surface area contributed by atoms with Gasteiger partial charge in [0.1, 0.15) is 0 Å². The Balaban J connectivity index is 1.92. The maximum absolute atomic E-state index is 9.80. The summed E-state index contributed by atoms with van der Waals surface area (Å²) < 4.78 is 5.23. The molecule has 1 aliphatic rings. The monoisotopic (exact) mass is 263 g/mol. The van der Waals surface area contributed by atoms with Gasteiger partial charge in [0.2, 0.25) is 0 Å². The second-order valence-electron chi connectivity index (χ2n) is 5.40. The van der Waals surface area contributed by atoms with E-state index in [1.807, 2.05) is 19.1 Å². The van der Waals surface area contributed by atoms with E-state index in [1.165, 1.54) is 18.5 Å². The molecular formula is C16H25NO2. The molecule has 1 saturated heterocycles. The number of piperidine rings is 1. The van der Waals surface area contributed by atoms with Gasteiger partial charge in [-0.1, -0.05) is 19.1 Å². The summed E-state index contributed by atoms with van der Waals surface area (Å²) in [5.41, 5.74) is 2.28. The van der Waals surface area contributed by atoms with Crippen LogP contribution in [0.3, 0.4) is 0 Å². The minimum atomic E-state index is -0.332. The number of hydrogen-bond acceptors (Lipinski definition) is 3. The van der Waals surface area contributed by atoms with Crippen molar-refractivity contribution in [3.63, 3.8) is 0 Å². The fourth-order valence-corrected chi connectivity index (χ4v) is 2.74. The Morgan fingerprint density at radius 2 is 1.89 bits per heavy atom. The van der Waals surface area contributed by atoms with Crippen LogP contribution in [0.2, 0.25) is 0 Å². The molecule has 2 rings (SSSR count). The van der Waals surface area contributed by atoms with Crippen LogP contribution in [0.25, 0.3) is 0 Å². The van der Waals surface area contributed by atoms with Gasteiger partial charge < -0.3 is 14.7 Å². The minimum absolute atomic E-state index is 0.332. The van der Waals surface area contributed by atoms with E-state index < -0.39 is 0 Å². The van der Waals surface area contributed by atoms with Crippen molar-refractivity contribution in [2.45, 2.75) is 32.3 Å². The summed E-state index contributed by atoms with van der Waals surface area (Å²) in [6.45, 7) is 5.09. The molecule has 1 aromatic rings. The summed E-state index contributed by atoms with van der Waals surface area (Å²) in [5.74, 6) is 0.711. The van der Waals surface area contributed by atoms with Crippen molar-refractivity contribution in [1.29, 1.82) is 0 Å². The van der Waals surface area contributed by atoms with Crippen molar-refractivity contribution in [2.75, 3.05) is 31.7 Å². The maximum atomic E-state index is 9.80. The highest BCUT2D eigenvalue weighted by molar-refractivity contribution is 5.48. The number of anilines is 1. The van der Waals surface area contributed by atoms with E-state index >= 15 is 0 Å². The van der Waals surface area contributed by atoms with E-state index in [-0.39, 0.29) is 6.10 Å². The molecule has 3 heteroatoms. The van der Waals surface area contributed by atoms with Crippen molar-refractivity contribution in [1.82, 2.24) is 0 Å². The molecule has 0 aromatic heterocycles. The number of aliphatic hydroxyl groups excluding tert-OH is 1. The van der Waals surface area contributed by atoms with Gasteiger partial charge >= 0.3 is 0 Å².